The molecule has 2 aromatic rings. The second kappa shape index (κ2) is 6.62. The van der Waals surface area contributed by atoms with Gasteiger partial charge in [-0.2, -0.15) is 0 Å². The number of rotatable bonds is 6. The van der Waals surface area contributed by atoms with Gasteiger partial charge in [-0.1, -0.05) is 0 Å². The van der Waals surface area contributed by atoms with Crippen LogP contribution in [0.2, 0.25) is 0 Å². The minimum absolute atomic E-state index is 0.309. The fourth-order valence-electron chi connectivity index (χ4n) is 1.87. The molecule has 0 spiro atoms. The van der Waals surface area contributed by atoms with E-state index in [9.17, 15) is 4.79 Å². The number of carbonyl (C=O) groups excluding carboxylic acids is 1. The molecule has 0 saturated carbocycles. The highest BCUT2D eigenvalue weighted by atomic mass is 32.1. The molecule has 0 bridgehead atoms. The number of fused-ring (bicyclic) bond motifs is 1. The number of hydrogen-bond donors (Lipinski definition) is 1. The van der Waals surface area contributed by atoms with Crippen LogP contribution >= 0.6 is 11.3 Å². The van der Waals surface area contributed by atoms with Crippen LogP contribution < -0.4 is 5.32 Å². The number of thiophene rings is 1. The molecule has 0 amide bonds. The largest absolute Gasteiger partial charge is 0.462 e. The smallest absolute Gasteiger partial charge is 0.348 e. The van der Waals surface area contributed by atoms with Crippen LogP contribution in [0.3, 0.4) is 0 Å². The molecule has 0 saturated heterocycles. The minimum Gasteiger partial charge on any atom is -0.462 e. The van der Waals surface area contributed by atoms with Crippen LogP contribution in [0.15, 0.2) is 6.33 Å². The number of aromatic nitrogens is 2. The van der Waals surface area contributed by atoms with Crippen molar-refractivity contribution in [2.45, 2.75) is 13.8 Å². The Balaban J connectivity index is 2.38. The summed E-state index contributed by atoms with van der Waals surface area (Å²) < 4.78 is 10.1. The molecule has 2 aromatic heterocycles. The van der Waals surface area contributed by atoms with Crippen LogP contribution in [-0.2, 0) is 9.47 Å². The first kappa shape index (κ1) is 14.7. The lowest BCUT2D eigenvalue weighted by Crippen LogP contribution is -2.09. The first-order valence-corrected chi connectivity index (χ1v) is 7.14. The number of ether oxygens (including phenoxy) is 2. The zero-order valence-electron chi connectivity index (χ0n) is 11.7. The fourth-order valence-corrected chi connectivity index (χ4v) is 2.91. The Morgan fingerprint density at radius 1 is 1.45 bits per heavy atom. The summed E-state index contributed by atoms with van der Waals surface area (Å²) in [4.78, 5) is 21.7. The molecule has 0 radical (unpaired) electrons. The number of aryl methyl sites for hydroxylation is 1. The number of esters is 1. The van der Waals surface area contributed by atoms with Gasteiger partial charge in [-0.3, -0.25) is 0 Å². The van der Waals surface area contributed by atoms with Gasteiger partial charge in [-0.15, -0.1) is 11.3 Å². The Bertz CT molecular complexity index is 612. The van der Waals surface area contributed by atoms with Crippen LogP contribution in [0.1, 0.15) is 22.2 Å². The predicted octanol–water partition coefficient (Wildman–Crippen LogP) is 2.23. The van der Waals surface area contributed by atoms with E-state index in [4.69, 9.17) is 9.47 Å². The molecule has 0 unspecified atom stereocenters. The Kier molecular flexibility index (Phi) is 4.86. The van der Waals surface area contributed by atoms with Crippen LogP contribution in [0.5, 0.6) is 0 Å². The quantitative estimate of drug-likeness (QED) is 0.651. The first-order chi connectivity index (χ1) is 9.69. The van der Waals surface area contributed by atoms with Gasteiger partial charge in [0.05, 0.1) is 18.6 Å². The Hall–Kier alpha value is -1.73. The van der Waals surface area contributed by atoms with E-state index in [2.05, 4.69) is 15.3 Å². The maximum absolute atomic E-state index is 11.9. The van der Waals surface area contributed by atoms with E-state index in [1.165, 1.54) is 17.7 Å². The fraction of sp³-hybridized carbons (Fsp3) is 0.462. The number of methoxy groups -OCH3 is 1. The molecule has 0 atom stereocenters. The summed E-state index contributed by atoms with van der Waals surface area (Å²) in [6.07, 6.45) is 1.49. The topological polar surface area (TPSA) is 73.3 Å². The minimum atomic E-state index is -0.309. The predicted molar refractivity (Wildman–Crippen MR) is 78.5 cm³/mol. The maximum Gasteiger partial charge on any atom is 0.348 e. The van der Waals surface area contributed by atoms with Crippen LogP contribution in [-0.4, -0.2) is 42.8 Å². The number of nitrogens with one attached hydrogen (secondary N) is 1. The highest BCUT2D eigenvalue weighted by Gasteiger charge is 2.19. The molecule has 0 aromatic carbocycles. The van der Waals surface area contributed by atoms with Crippen molar-refractivity contribution < 1.29 is 14.3 Å². The second-order valence-corrected chi connectivity index (χ2v) is 5.10. The highest BCUT2D eigenvalue weighted by Crippen LogP contribution is 2.33. The van der Waals surface area contributed by atoms with Crippen molar-refractivity contribution in [3.8, 4) is 0 Å². The summed E-state index contributed by atoms with van der Waals surface area (Å²) in [5.41, 5.74) is 0.851. The second-order valence-electron chi connectivity index (χ2n) is 4.10. The Morgan fingerprint density at radius 3 is 2.95 bits per heavy atom. The lowest BCUT2D eigenvalue weighted by molar-refractivity contribution is 0.0531. The zero-order chi connectivity index (χ0) is 14.5. The molecule has 108 valence electrons. The molecule has 0 aliphatic heterocycles. The van der Waals surface area contributed by atoms with Crippen molar-refractivity contribution in [2.24, 2.45) is 0 Å². The summed E-state index contributed by atoms with van der Waals surface area (Å²) in [7, 11) is 1.64. The van der Waals surface area contributed by atoms with Crippen molar-refractivity contribution in [2.75, 3.05) is 32.2 Å². The summed E-state index contributed by atoms with van der Waals surface area (Å²) in [5.74, 6) is 0.409. The third-order valence-electron chi connectivity index (χ3n) is 2.79. The molecule has 2 heterocycles. The average molecular weight is 295 g/mol. The Labute approximate surface area is 121 Å². The molecule has 2 rings (SSSR count). The average Bonchev–Trinajstić information content (AvgIpc) is 2.78. The van der Waals surface area contributed by atoms with Crippen molar-refractivity contribution in [1.29, 1.82) is 0 Å². The van der Waals surface area contributed by atoms with E-state index < -0.39 is 0 Å². The van der Waals surface area contributed by atoms with E-state index in [-0.39, 0.29) is 5.97 Å². The molecule has 0 aliphatic rings. The molecular formula is C13H17N3O3S. The summed E-state index contributed by atoms with van der Waals surface area (Å²) in [6.45, 7) is 5.26. The van der Waals surface area contributed by atoms with Gasteiger partial charge < -0.3 is 14.8 Å². The highest BCUT2D eigenvalue weighted by molar-refractivity contribution is 7.20. The lowest BCUT2D eigenvalue weighted by atomic mass is 10.2. The van der Waals surface area contributed by atoms with E-state index in [0.717, 1.165) is 21.6 Å². The van der Waals surface area contributed by atoms with Crippen LogP contribution in [0.4, 0.5) is 5.82 Å². The number of carbonyl (C=O) groups is 1. The molecule has 20 heavy (non-hydrogen) atoms. The standard InChI is InChI=1S/C13H17N3O3S/c1-4-19-13(17)10-8(2)9-11(14-5-6-18-3)15-7-16-12(9)20-10/h7H,4-6H2,1-3H3,(H,14,15,16). The van der Waals surface area contributed by atoms with Crippen molar-refractivity contribution in [3.63, 3.8) is 0 Å². The van der Waals surface area contributed by atoms with E-state index in [0.29, 0.717) is 24.6 Å². The van der Waals surface area contributed by atoms with Crippen LogP contribution in [0.25, 0.3) is 10.2 Å². The van der Waals surface area contributed by atoms with Gasteiger partial charge in [-0.05, 0) is 19.4 Å². The van der Waals surface area contributed by atoms with Crippen molar-refractivity contribution in [1.82, 2.24) is 9.97 Å². The normalized spacial score (nSPS) is 10.8. The number of hydrogen-bond acceptors (Lipinski definition) is 7. The van der Waals surface area contributed by atoms with Crippen LogP contribution in [0, 0.1) is 6.92 Å². The summed E-state index contributed by atoms with van der Waals surface area (Å²) >= 11 is 1.33. The van der Waals surface area contributed by atoms with Crippen molar-refractivity contribution >= 4 is 33.3 Å². The third-order valence-corrected chi connectivity index (χ3v) is 3.97. The third kappa shape index (κ3) is 2.88. The monoisotopic (exact) mass is 295 g/mol. The zero-order valence-corrected chi connectivity index (χ0v) is 12.5. The first-order valence-electron chi connectivity index (χ1n) is 6.33. The maximum atomic E-state index is 11.9. The van der Waals surface area contributed by atoms with Gasteiger partial charge in [0.25, 0.3) is 0 Å². The number of anilines is 1. The molecule has 7 heteroatoms. The lowest BCUT2D eigenvalue weighted by Gasteiger charge is -2.06. The van der Waals surface area contributed by atoms with Gasteiger partial charge in [0.2, 0.25) is 0 Å². The molecule has 1 N–H and O–H groups in total. The summed E-state index contributed by atoms with van der Waals surface area (Å²) in [5, 5.41) is 4.06. The van der Waals surface area contributed by atoms with Gasteiger partial charge >= 0.3 is 5.97 Å². The van der Waals surface area contributed by atoms with Gasteiger partial charge in [0, 0.05) is 13.7 Å². The van der Waals surface area contributed by atoms with Gasteiger partial charge in [0.15, 0.2) is 0 Å². The SMILES string of the molecule is CCOC(=O)c1sc2ncnc(NCCOC)c2c1C. The molecule has 0 aliphatic carbocycles. The Morgan fingerprint density at radius 2 is 2.25 bits per heavy atom. The van der Waals surface area contributed by atoms with E-state index in [1.807, 2.05) is 6.92 Å². The van der Waals surface area contributed by atoms with E-state index >= 15 is 0 Å². The number of nitrogens with zero attached hydrogens (tertiary/aromatic N) is 2. The van der Waals surface area contributed by atoms with E-state index in [1.54, 1.807) is 14.0 Å². The van der Waals surface area contributed by atoms with Gasteiger partial charge in [-0.25, -0.2) is 14.8 Å². The summed E-state index contributed by atoms with van der Waals surface area (Å²) in [6, 6.07) is 0. The molecule has 6 nitrogen and oxygen atoms in total. The molecule has 0 fully saturated rings. The van der Waals surface area contributed by atoms with Gasteiger partial charge in [0.1, 0.15) is 21.9 Å². The molecular weight excluding hydrogens is 278 g/mol. The van der Waals surface area contributed by atoms with Crippen molar-refractivity contribution in [3.05, 3.63) is 16.8 Å².